The van der Waals surface area contributed by atoms with Gasteiger partial charge in [-0.15, -0.1) is 0 Å². The Hall–Kier alpha value is -0.830. The van der Waals surface area contributed by atoms with E-state index in [1.54, 1.807) is 6.08 Å². The highest BCUT2D eigenvalue weighted by molar-refractivity contribution is 5.88. The molecule has 2 heterocycles. The minimum absolute atomic E-state index is 0.0775. The van der Waals surface area contributed by atoms with Gasteiger partial charge in [-0.2, -0.15) is 0 Å². The quantitative estimate of drug-likeness (QED) is 0.694. The number of hydrogen-bond acceptors (Lipinski definition) is 2. The van der Waals surface area contributed by atoms with Crippen LogP contribution >= 0.6 is 0 Å². The molecule has 2 rings (SSSR count). The molecule has 2 aliphatic rings. The van der Waals surface area contributed by atoms with Crippen molar-refractivity contribution in [2.75, 3.05) is 13.1 Å². The average molecular weight is 208 g/mol. The van der Waals surface area contributed by atoms with E-state index in [4.69, 9.17) is 0 Å². The first-order valence-corrected chi connectivity index (χ1v) is 5.86. The predicted molar refractivity (Wildman–Crippen MR) is 60.6 cm³/mol. The molecule has 0 bridgehead atoms. The molecule has 3 heteroatoms. The normalized spacial score (nSPS) is 30.0. The van der Waals surface area contributed by atoms with Crippen LogP contribution in [0.1, 0.15) is 33.1 Å². The Kier molecular flexibility index (Phi) is 3.10. The van der Waals surface area contributed by atoms with E-state index in [0.29, 0.717) is 12.1 Å². The van der Waals surface area contributed by atoms with Crippen LogP contribution in [0.25, 0.3) is 0 Å². The zero-order valence-electron chi connectivity index (χ0n) is 9.62. The summed E-state index contributed by atoms with van der Waals surface area (Å²) in [6.07, 6.45) is 5.35. The van der Waals surface area contributed by atoms with Crippen molar-refractivity contribution < 1.29 is 4.79 Å². The van der Waals surface area contributed by atoms with E-state index in [-0.39, 0.29) is 5.91 Å². The molecule has 0 aliphatic carbocycles. The molecule has 0 spiro atoms. The van der Waals surface area contributed by atoms with Crippen molar-refractivity contribution in [3.05, 3.63) is 11.6 Å². The highest BCUT2D eigenvalue weighted by atomic mass is 16.1. The summed E-state index contributed by atoms with van der Waals surface area (Å²) in [7, 11) is 0. The first-order valence-electron chi connectivity index (χ1n) is 5.86. The van der Waals surface area contributed by atoms with E-state index in [1.807, 2.05) is 13.8 Å². The van der Waals surface area contributed by atoms with E-state index < -0.39 is 0 Å². The van der Waals surface area contributed by atoms with Gasteiger partial charge < -0.3 is 5.32 Å². The van der Waals surface area contributed by atoms with Crippen molar-refractivity contribution in [1.82, 2.24) is 10.2 Å². The van der Waals surface area contributed by atoms with Crippen LogP contribution in [0.3, 0.4) is 0 Å². The molecule has 3 nitrogen and oxygen atoms in total. The summed E-state index contributed by atoms with van der Waals surface area (Å²) >= 11 is 0. The summed E-state index contributed by atoms with van der Waals surface area (Å²) in [4.78, 5) is 14.1. The van der Waals surface area contributed by atoms with Crippen molar-refractivity contribution in [3.8, 4) is 0 Å². The SMILES string of the molecule is CC(C)=CC(=O)NC1CCN2CCCC12. The molecule has 15 heavy (non-hydrogen) atoms. The van der Waals surface area contributed by atoms with Crippen LogP contribution in [-0.4, -0.2) is 36.0 Å². The summed E-state index contributed by atoms with van der Waals surface area (Å²) in [5.41, 5.74) is 1.06. The van der Waals surface area contributed by atoms with E-state index in [1.165, 1.54) is 19.4 Å². The Bertz CT molecular complexity index is 281. The van der Waals surface area contributed by atoms with Crippen molar-refractivity contribution >= 4 is 5.91 Å². The highest BCUT2D eigenvalue weighted by Crippen LogP contribution is 2.27. The summed E-state index contributed by atoms with van der Waals surface area (Å²) in [6, 6.07) is 0.995. The van der Waals surface area contributed by atoms with Gasteiger partial charge >= 0.3 is 0 Å². The third-order valence-corrected chi connectivity index (χ3v) is 3.35. The number of nitrogens with one attached hydrogen (secondary N) is 1. The third kappa shape index (κ3) is 2.40. The number of carbonyl (C=O) groups excluding carboxylic acids is 1. The van der Waals surface area contributed by atoms with Gasteiger partial charge in [-0.25, -0.2) is 0 Å². The lowest BCUT2D eigenvalue weighted by molar-refractivity contribution is -0.117. The average Bonchev–Trinajstić information content (AvgIpc) is 2.68. The second-order valence-corrected chi connectivity index (χ2v) is 4.87. The van der Waals surface area contributed by atoms with Crippen LogP contribution in [0, 0.1) is 0 Å². The molecule has 1 amide bonds. The number of allylic oxidation sites excluding steroid dienone is 1. The Morgan fingerprint density at radius 1 is 1.33 bits per heavy atom. The molecule has 84 valence electrons. The van der Waals surface area contributed by atoms with E-state index in [2.05, 4.69) is 10.2 Å². The van der Waals surface area contributed by atoms with Crippen LogP contribution < -0.4 is 5.32 Å². The Morgan fingerprint density at radius 3 is 2.87 bits per heavy atom. The maximum absolute atomic E-state index is 11.6. The second kappa shape index (κ2) is 4.35. The molecule has 0 radical (unpaired) electrons. The number of carbonyl (C=O) groups is 1. The molecule has 2 fully saturated rings. The van der Waals surface area contributed by atoms with Crippen LogP contribution in [-0.2, 0) is 4.79 Å². The van der Waals surface area contributed by atoms with Crippen LogP contribution in [0.5, 0.6) is 0 Å². The van der Waals surface area contributed by atoms with Gasteiger partial charge in [0.2, 0.25) is 5.91 Å². The fraction of sp³-hybridized carbons (Fsp3) is 0.750. The smallest absolute Gasteiger partial charge is 0.244 e. The van der Waals surface area contributed by atoms with E-state index in [9.17, 15) is 4.79 Å². The summed E-state index contributed by atoms with van der Waals surface area (Å²) in [5, 5.41) is 3.12. The lowest BCUT2D eigenvalue weighted by atomic mass is 10.1. The summed E-state index contributed by atoms with van der Waals surface area (Å²) < 4.78 is 0. The van der Waals surface area contributed by atoms with Crippen LogP contribution in [0.15, 0.2) is 11.6 Å². The van der Waals surface area contributed by atoms with Crippen LogP contribution in [0.4, 0.5) is 0 Å². The molecule has 0 aromatic carbocycles. The van der Waals surface area contributed by atoms with Crippen molar-refractivity contribution in [2.24, 2.45) is 0 Å². The van der Waals surface area contributed by atoms with Crippen molar-refractivity contribution in [2.45, 2.75) is 45.2 Å². The first kappa shape index (κ1) is 10.7. The molecular formula is C12H20N2O. The molecule has 2 unspecified atom stereocenters. The summed E-state index contributed by atoms with van der Waals surface area (Å²) in [5.74, 6) is 0.0775. The standard InChI is InChI=1S/C12H20N2O/c1-9(2)8-12(15)13-10-5-7-14-6-3-4-11(10)14/h8,10-11H,3-7H2,1-2H3,(H,13,15). The Morgan fingerprint density at radius 2 is 2.13 bits per heavy atom. The largest absolute Gasteiger partial charge is 0.348 e. The van der Waals surface area contributed by atoms with Gasteiger partial charge in [-0.3, -0.25) is 9.69 Å². The zero-order chi connectivity index (χ0) is 10.8. The number of rotatable bonds is 2. The summed E-state index contributed by atoms with van der Waals surface area (Å²) in [6.45, 7) is 6.29. The second-order valence-electron chi connectivity index (χ2n) is 4.87. The molecule has 1 N–H and O–H groups in total. The molecular weight excluding hydrogens is 188 g/mol. The number of fused-ring (bicyclic) bond motifs is 1. The Balaban J connectivity index is 1.90. The number of nitrogens with zero attached hydrogens (tertiary/aromatic N) is 1. The Labute approximate surface area is 91.5 Å². The van der Waals surface area contributed by atoms with Gasteiger partial charge in [0.1, 0.15) is 0 Å². The van der Waals surface area contributed by atoms with Gasteiger partial charge in [0.05, 0.1) is 0 Å². The van der Waals surface area contributed by atoms with Gasteiger partial charge in [0, 0.05) is 24.7 Å². The zero-order valence-corrected chi connectivity index (χ0v) is 9.62. The molecule has 2 atom stereocenters. The molecule has 0 aromatic heterocycles. The highest BCUT2D eigenvalue weighted by Gasteiger charge is 2.37. The van der Waals surface area contributed by atoms with E-state index >= 15 is 0 Å². The van der Waals surface area contributed by atoms with Gasteiger partial charge in [-0.05, 0) is 39.7 Å². The van der Waals surface area contributed by atoms with Crippen molar-refractivity contribution in [1.29, 1.82) is 0 Å². The lowest BCUT2D eigenvalue weighted by Crippen LogP contribution is -2.41. The minimum Gasteiger partial charge on any atom is -0.348 e. The van der Waals surface area contributed by atoms with Gasteiger partial charge in [0.15, 0.2) is 0 Å². The maximum Gasteiger partial charge on any atom is 0.244 e. The number of amides is 1. The number of hydrogen-bond donors (Lipinski definition) is 1. The molecule has 2 aliphatic heterocycles. The first-order chi connectivity index (χ1) is 7.16. The topological polar surface area (TPSA) is 32.3 Å². The van der Waals surface area contributed by atoms with Gasteiger partial charge in [-0.1, -0.05) is 5.57 Å². The third-order valence-electron chi connectivity index (χ3n) is 3.35. The lowest BCUT2D eigenvalue weighted by Gasteiger charge is -2.20. The molecule has 2 saturated heterocycles. The maximum atomic E-state index is 11.6. The molecule has 0 aromatic rings. The fourth-order valence-electron chi connectivity index (χ4n) is 2.74. The van der Waals surface area contributed by atoms with Crippen LogP contribution in [0.2, 0.25) is 0 Å². The minimum atomic E-state index is 0.0775. The monoisotopic (exact) mass is 208 g/mol. The predicted octanol–water partition coefficient (Wildman–Crippen LogP) is 1.31. The van der Waals surface area contributed by atoms with Crippen molar-refractivity contribution in [3.63, 3.8) is 0 Å². The van der Waals surface area contributed by atoms with E-state index in [0.717, 1.165) is 18.5 Å². The molecule has 0 saturated carbocycles. The fourth-order valence-corrected chi connectivity index (χ4v) is 2.74. The van der Waals surface area contributed by atoms with Gasteiger partial charge in [0.25, 0.3) is 0 Å².